The van der Waals surface area contributed by atoms with E-state index in [4.69, 9.17) is 0 Å². The Bertz CT molecular complexity index is 863. The molecule has 6 nitrogen and oxygen atoms in total. The molecule has 0 amide bonds. The van der Waals surface area contributed by atoms with Crippen LogP contribution >= 0.6 is 0 Å². The van der Waals surface area contributed by atoms with Crippen LogP contribution in [0.2, 0.25) is 0 Å². The number of carbonyl (C=O) groups is 1. The van der Waals surface area contributed by atoms with Crippen LogP contribution in [0.5, 0.6) is 0 Å². The van der Waals surface area contributed by atoms with E-state index in [1.807, 2.05) is 24.3 Å². The first kappa shape index (κ1) is 13.4. The summed E-state index contributed by atoms with van der Waals surface area (Å²) in [4.78, 5) is 33.7. The van der Waals surface area contributed by atoms with Crippen LogP contribution in [0, 0.1) is 0 Å². The molecular formula is C15H15N3O3. The summed E-state index contributed by atoms with van der Waals surface area (Å²) in [6.07, 6.45) is 1.42. The van der Waals surface area contributed by atoms with E-state index in [1.165, 1.54) is 7.11 Å². The number of esters is 1. The van der Waals surface area contributed by atoms with Crippen LogP contribution < -0.4 is 5.56 Å². The van der Waals surface area contributed by atoms with Crippen LogP contribution in [0.15, 0.2) is 29.1 Å². The number of ether oxygens (including phenoxy) is 1. The summed E-state index contributed by atoms with van der Waals surface area (Å²) in [7, 11) is 1.36. The molecule has 0 aliphatic heterocycles. The molecule has 1 aromatic carbocycles. The molecule has 0 unspecified atom stereocenters. The lowest BCUT2D eigenvalue weighted by molar-refractivity contribution is -0.140. The molecule has 3 rings (SSSR count). The van der Waals surface area contributed by atoms with Crippen LogP contribution in [-0.4, -0.2) is 28.0 Å². The second-order valence-corrected chi connectivity index (χ2v) is 4.84. The lowest BCUT2D eigenvalue weighted by Gasteiger charge is -2.00. The SMILES string of the molecule is COC(=O)CCCc1nc2[nH]c3ccccc3c2c(=O)[nH]1. The molecule has 3 aromatic rings. The highest BCUT2D eigenvalue weighted by Crippen LogP contribution is 2.20. The fourth-order valence-corrected chi connectivity index (χ4v) is 2.42. The molecule has 2 N–H and O–H groups in total. The summed E-state index contributed by atoms with van der Waals surface area (Å²) in [5, 5.41) is 1.43. The maximum atomic E-state index is 12.2. The topological polar surface area (TPSA) is 87.8 Å². The number of nitrogens with one attached hydrogen (secondary N) is 2. The highest BCUT2D eigenvalue weighted by Gasteiger charge is 2.10. The molecule has 0 fully saturated rings. The quantitative estimate of drug-likeness (QED) is 0.717. The van der Waals surface area contributed by atoms with Gasteiger partial charge in [-0.2, -0.15) is 0 Å². The van der Waals surface area contributed by atoms with Gasteiger partial charge >= 0.3 is 5.97 Å². The number of H-pyrrole nitrogens is 2. The van der Waals surface area contributed by atoms with Gasteiger partial charge < -0.3 is 14.7 Å². The summed E-state index contributed by atoms with van der Waals surface area (Å²) in [6.45, 7) is 0. The molecule has 0 bridgehead atoms. The molecule has 0 aliphatic rings. The monoisotopic (exact) mass is 285 g/mol. The summed E-state index contributed by atoms with van der Waals surface area (Å²) < 4.78 is 4.58. The van der Waals surface area contributed by atoms with E-state index >= 15 is 0 Å². The Labute approximate surface area is 120 Å². The molecule has 0 aliphatic carbocycles. The predicted octanol–water partition coefficient (Wildman–Crippen LogP) is 1.90. The van der Waals surface area contributed by atoms with Gasteiger partial charge in [-0.15, -0.1) is 0 Å². The maximum absolute atomic E-state index is 12.2. The molecule has 21 heavy (non-hydrogen) atoms. The van der Waals surface area contributed by atoms with E-state index in [0.717, 1.165) is 10.9 Å². The number of aromatic nitrogens is 3. The van der Waals surface area contributed by atoms with Crippen molar-refractivity contribution in [2.75, 3.05) is 7.11 Å². The number of carbonyl (C=O) groups excluding carboxylic acids is 1. The summed E-state index contributed by atoms with van der Waals surface area (Å²) >= 11 is 0. The zero-order chi connectivity index (χ0) is 14.8. The normalized spacial score (nSPS) is 11.1. The Balaban J connectivity index is 1.94. The second kappa shape index (κ2) is 5.40. The highest BCUT2D eigenvalue weighted by atomic mass is 16.5. The van der Waals surface area contributed by atoms with Crippen LogP contribution in [0.3, 0.4) is 0 Å². The van der Waals surface area contributed by atoms with E-state index < -0.39 is 0 Å². The number of para-hydroxylation sites is 1. The van der Waals surface area contributed by atoms with Crippen LogP contribution in [-0.2, 0) is 16.0 Å². The van der Waals surface area contributed by atoms with Crippen molar-refractivity contribution in [3.05, 3.63) is 40.4 Å². The van der Waals surface area contributed by atoms with Crippen molar-refractivity contribution in [2.24, 2.45) is 0 Å². The van der Waals surface area contributed by atoms with Crippen molar-refractivity contribution < 1.29 is 9.53 Å². The van der Waals surface area contributed by atoms with Gasteiger partial charge in [-0.1, -0.05) is 18.2 Å². The van der Waals surface area contributed by atoms with Crippen LogP contribution in [0.25, 0.3) is 21.9 Å². The lowest BCUT2D eigenvalue weighted by atomic mass is 10.2. The number of aryl methyl sites for hydroxylation is 1. The highest BCUT2D eigenvalue weighted by molar-refractivity contribution is 6.05. The average Bonchev–Trinajstić information content (AvgIpc) is 2.85. The molecule has 0 atom stereocenters. The van der Waals surface area contributed by atoms with Crippen molar-refractivity contribution in [3.63, 3.8) is 0 Å². The van der Waals surface area contributed by atoms with Gasteiger partial charge in [0.05, 0.1) is 12.5 Å². The minimum atomic E-state index is -0.260. The Morgan fingerprint density at radius 1 is 1.29 bits per heavy atom. The smallest absolute Gasteiger partial charge is 0.305 e. The zero-order valence-electron chi connectivity index (χ0n) is 11.6. The molecule has 0 saturated carbocycles. The number of aromatic amines is 2. The number of hydrogen-bond acceptors (Lipinski definition) is 4. The van der Waals surface area contributed by atoms with Crippen molar-refractivity contribution in [2.45, 2.75) is 19.3 Å². The molecule has 108 valence electrons. The second-order valence-electron chi connectivity index (χ2n) is 4.84. The molecule has 2 aromatic heterocycles. The van der Waals surface area contributed by atoms with Crippen molar-refractivity contribution in [3.8, 4) is 0 Å². The molecule has 6 heteroatoms. The molecule has 0 radical (unpaired) electrons. The van der Waals surface area contributed by atoms with E-state index in [-0.39, 0.29) is 11.5 Å². The Morgan fingerprint density at radius 3 is 2.90 bits per heavy atom. The van der Waals surface area contributed by atoms with Crippen molar-refractivity contribution in [1.82, 2.24) is 15.0 Å². The number of rotatable bonds is 4. The first-order valence-electron chi connectivity index (χ1n) is 6.75. The van der Waals surface area contributed by atoms with Gasteiger partial charge in [-0.05, 0) is 12.5 Å². The maximum Gasteiger partial charge on any atom is 0.305 e. The number of benzene rings is 1. The predicted molar refractivity (Wildman–Crippen MR) is 79.2 cm³/mol. The lowest BCUT2D eigenvalue weighted by Crippen LogP contribution is -2.12. The largest absolute Gasteiger partial charge is 0.469 e. The third kappa shape index (κ3) is 2.52. The Morgan fingerprint density at radius 2 is 2.10 bits per heavy atom. The number of fused-ring (bicyclic) bond motifs is 3. The van der Waals surface area contributed by atoms with Crippen molar-refractivity contribution >= 4 is 27.9 Å². The first-order valence-corrected chi connectivity index (χ1v) is 6.75. The van der Waals surface area contributed by atoms with E-state index in [1.54, 1.807) is 0 Å². The van der Waals surface area contributed by atoms with Gasteiger partial charge in [0.2, 0.25) is 0 Å². The van der Waals surface area contributed by atoms with E-state index in [9.17, 15) is 9.59 Å². The molecule has 0 spiro atoms. The minimum Gasteiger partial charge on any atom is -0.469 e. The van der Waals surface area contributed by atoms with E-state index in [2.05, 4.69) is 19.7 Å². The molecular weight excluding hydrogens is 270 g/mol. The van der Waals surface area contributed by atoms with Gasteiger partial charge in [0.1, 0.15) is 11.5 Å². The van der Waals surface area contributed by atoms with Gasteiger partial charge in [0, 0.05) is 23.7 Å². The van der Waals surface area contributed by atoms with Crippen LogP contribution in [0.4, 0.5) is 0 Å². The standard InChI is InChI=1S/C15H15N3O3/c1-21-12(19)8-4-7-11-17-14-13(15(20)18-11)9-5-2-3-6-10(9)16-14/h2-3,5-6H,4,7-8H2,1H3,(H2,16,17,18,20). The summed E-state index contributed by atoms with van der Waals surface area (Å²) in [5.74, 6) is 0.312. The fourth-order valence-electron chi connectivity index (χ4n) is 2.42. The number of hydrogen-bond donors (Lipinski definition) is 2. The Hall–Kier alpha value is -2.63. The van der Waals surface area contributed by atoms with Gasteiger partial charge in [0.15, 0.2) is 0 Å². The third-order valence-corrected chi connectivity index (χ3v) is 3.44. The molecule has 0 saturated heterocycles. The van der Waals surface area contributed by atoms with Gasteiger partial charge in [-0.25, -0.2) is 4.98 Å². The molecule has 2 heterocycles. The fraction of sp³-hybridized carbons (Fsp3) is 0.267. The van der Waals surface area contributed by atoms with Crippen molar-refractivity contribution in [1.29, 1.82) is 0 Å². The first-order chi connectivity index (χ1) is 10.2. The van der Waals surface area contributed by atoms with Crippen LogP contribution in [0.1, 0.15) is 18.7 Å². The summed E-state index contributed by atoms with van der Waals surface area (Å²) in [5.41, 5.74) is 1.30. The zero-order valence-corrected chi connectivity index (χ0v) is 11.6. The average molecular weight is 285 g/mol. The number of nitrogens with zero attached hydrogens (tertiary/aromatic N) is 1. The summed E-state index contributed by atoms with van der Waals surface area (Å²) in [6, 6.07) is 7.60. The number of methoxy groups -OCH3 is 1. The minimum absolute atomic E-state index is 0.162. The third-order valence-electron chi connectivity index (χ3n) is 3.44. The Kier molecular flexibility index (Phi) is 3.43. The van der Waals surface area contributed by atoms with Gasteiger partial charge in [-0.3, -0.25) is 9.59 Å². The van der Waals surface area contributed by atoms with Gasteiger partial charge in [0.25, 0.3) is 5.56 Å². The van der Waals surface area contributed by atoms with E-state index in [0.29, 0.717) is 36.1 Å².